The lowest BCUT2D eigenvalue weighted by atomic mass is 9.73. The summed E-state index contributed by atoms with van der Waals surface area (Å²) in [5.41, 5.74) is 6.86. The number of ether oxygens (including phenoxy) is 1. The second-order valence-electron chi connectivity index (χ2n) is 8.81. The zero-order valence-corrected chi connectivity index (χ0v) is 19.8. The standard InChI is InChI=1S/C26H29N3O3S/c1-29(2)22(18-9-5-3-6-10-18)19-13-15-26(16-14-19,25(27)31)32-24(30)21-17-33-23(28-21)20-11-7-4-8-12-20/h3-12,17,19,22H,13-16H2,1-2H3,(H2,27,31). The first-order chi connectivity index (χ1) is 15.9. The van der Waals surface area contributed by atoms with Crippen LogP contribution in [-0.4, -0.2) is 41.5 Å². The average molecular weight is 464 g/mol. The third kappa shape index (κ3) is 4.99. The molecule has 7 heteroatoms. The van der Waals surface area contributed by atoms with Crippen molar-refractivity contribution in [2.24, 2.45) is 11.7 Å². The highest BCUT2D eigenvalue weighted by Gasteiger charge is 2.46. The van der Waals surface area contributed by atoms with Crippen molar-refractivity contribution in [1.29, 1.82) is 0 Å². The number of carbonyl (C=O) groups is 2. The van der Waals surface area contributed by atoms with E-state index >= 15 is 0 Å². The lowest BCUT2D eigenvalue weighted by Crippen LogP contribution is -2.51. The molecule has 172 valence electrons. The summed E-state index contributed by atoms with van der Waals surface area (Å²) < 4.78 is 5.79. The average Bonchev–Trinajstić information content (AvgIpc) is 3.32. The molecule has 1 atom stereocenters. The number of esters is 1. The molecule has 0 spiro atoms. The number of nitrogens with two attached hydrogens (primary N) is 1. The molecule has 1 unspecified atom stereocenters. The Bertz CT molecular complexity index is 1090. The highest BCUT2D eigenvalue weighted by Crippen LogP contribution is 2.42. The molecule has 0 saturated heterocycles. The predicted molar refractivity (Wildman–Crippen MR) is 130 cm³/mol. The number of amides is 1. The Hall–Kier alpha value is -3.03. The zero-order valence-electron chi connectivity index (χ0n) is 18.9. The van der Waals surface area contributed by atoms with Gasteiger partial charge in [0.05, 0.1) is 0 Å². The van der Waals surface area contributed by atoms with Crippen molar-refractivity contribution in [2.75, 3.05) is 14.1 Å². The van der Waals surface area contributed by atoms with Gasteiger partial charge in [0.15, 0.2) is 11.3 Å². The molecule has 1 fully saturated rings. The summed E-state index contributed by atoms with van der Waals surface area (Å²) in [6, 6.07) is 20.2. The van der Waals surface area contributed by atoms with Crippen LogP contribution in [0.25, 0.3) is 10.6 Å². The van der Waals surface area contributed by atoms with Gasteiger partial charge in [-0.3, -0.25) is 4.79 Å². The third-order valence-electron chi connectivity index (χ3n) is 6.45. The van der Waals surface area contributed by atoms with E-state index in [4.69, 9.17) is 10.5 Å². The summed E-state index contributed by atoms with van der Waals surface area (Å²) in [6.45, 7) is 0. The maximum absolute atomic E-state index is 12.9. The Morgan fingerprint density at radius 3 is 2.24 bits per heavy atom. The lowest BCUT2D eigenvalue weighted by Gasteiger charge is -2.41. The van der Waals surface area contributed by atoms with E-state index in [1.807, 2.05) is 48.5 Å². The number of benzene rings is 2. The van der Waals surface area contributed by atoms with Gasteiger partial charge < -0.3 is 15.4 Å². The second-order valence-corrected chi connectivity index (χ2v) is 9.67. The Morgan fingerprint density at radius 1 is 1.06 bits per heavy atom. The topological polar surface area (TPSA) is 85.5 Å². The van der Waals surface area contributed by atoms with Crippen LogP contribution in [0.2, 0.25) is 0 Å². The van der Waals surface area contributed by atoms with Crippen LogP contribution in [0.5, 0.6) is 0 Å². The molecule has 0 aliphatic heterocycles. The van der Waals surface area contributed by atoms with Gasteiger partial charge in [-0.2, -0.15) is 0 Å². The van der Waals surface area contributed by atoms with Gasteiger partial charge in [-0.1, -0.05) is 60.7 Å². The Morgan fingerprint density at radius 2 is 1.67 bits per heavy atom. The quantitative estimate of drug-likeness (QED) is 0.514. The predicted octanol–water partition coefficient (Wildman–Crippen LogP) is 4.68. The number of carbonyl (C=O) groups excluding carboxylic acids is 2. The van der Waals surface area contributed by atoms with E-state index in [1.54, 1.807) is 5.38 Å². The largest absolute Gasteiger partial charge is 0.444 e. The molecule has 1 aromatic heterocycles. The van der Waals surface area contributed by atoms with E-state index in [0.717, 1.165) is 23.4 Å². The molecule has 1 aliphatic carbocycles. The molecule has 6 nitrogen and oxygen atoms in total. The van der Waals surface area contributed by atoms with E-state index in [9.17, 15) is 9.59 Å². The zero-order chi connectivity index (χ0) is 23.4. The van der Waals surface area contributed by atoms with Gasteiger partial charge in [-0.25, -0.2) is 9.78 Å². The summed E-state index contributed by atoms with van der Waals surface area (Å²) in [5.74, 6) is -0.857. The van der Waals surface area contributed by atoms with E-state index < -0.39 is 17.5 Å². The number of rotatable bonds is 7. The van der Waals surface area contributed by atoms with Crippen molar-refractivity contribution in [3.8, 4) is 10.6 Å². The molecule has 33 heavy (non-hydrogen) atoms. The summed E-state index contributed by atoms with van der Waals surface area (Å²) in [4.78, 5) is 32.0. The maximum atomic E-state index is 12.9. The first-order valence-corrected chi connectivity index (χ1v) is 12.0. The van der Waals surface area contributed by atoms with Crippen molar-refractivity contribution in [3.05, 3.63) is 77.3 Å². The van der Waals surface area contributed by atoms with E-state index in [1.165, 1.54) is 16.9 Å². The molecule has 4 rings (SSSR count). The van der Waals surface area contributed by atoms with Crippen LogP contribution in [0.3, 0.4) is 0 Å². The van der Waals surface area contributed by atoms with Crippen LogP contribution >= 0.6 is 11.3 Å². The SMILES string of the molecule is CN(C)C(c1ccccc1)C1CCC(OC(=O)c2csc(-c3ccccc3)n2)(C(N)=O)CC1. The molecule has 2 aromatic carbocycles. The van der Waals surface area contributed by atoms with Crippen LogP contribution in [0.15, 0.2) is 66.0 Å². The first-order valence-electron chi connectivity index (χ1n) is 11.2. The molecule has 1 heterocycles. The van der Waals surface area contributed by atoms with Crippen LogP contribution in [0.1, 0.15) is 47.8 Å². The third-order valence-corrected chi connectivity index (χ3v) is 7.34. The number of aromatic nitrogens is 1. The van der Waals surface area contributed by atoms with Crippen LogP contribution in [0, 0.1) is 5.92 Å². The van der Waals surface area contributed by atoms with Crippen LogP contribution < -0.4 is 5.73 Å². The van der Waals surface area contributed by atoms with Crippen molar-refractivity contribution >= 4 is 23.2 Å². The lowest BCUT2D eigenvalue weighted by molar-refractivity contribution is -0.142. The van der Waals surface area contributed by atoms with Crippen LogP contribution in [-0.2, 0) is 9.53 Å². The van der Waals surface area contributed by atoms with Gasteiger partial charge in [0.25, 0.3) is 5.91 Å². The molecule has 0 bridgehead atoms. The Kier molecular flexibility index (Phi) is 6.91. The fraction of sp³-hybridized carbons (Fsp3) is 0.346. The highest BCUT2D eigenvalue weighted by molar-refractivity contribution is 7.13. The molecule has 3 aromatic rings. The summed E-state index contributed by atoms with van der Waals surface area (Å²) in [5, 5.41) is 2.40. The smallest absolute Gasteiger partial charge is 0.358 e. The van der Waals surface area contributed by atoms with Crippen molar-refractivity contribution in [2.45, 2.75) is 37.3 Å². The Balaban J connectivity index is 1.47. The number of hydrogen-bond donors (Lipinski definition) is 1. The molecule has 2 N–H and O–H groups in total. The van der Waals surface area contributed by atoms with Gasteiger partial charge in [0.1, 0.15) is 5.01 Å². The first kappa shape index (κ1) is 23.1. The fourth-order valence-corrected chi connectivity index (χ4v) is 5.57. The minimum absolute atomic E-state index is 0.206. The number of primary amides is 1. The van der Waals surface area contributed by atoms with E-state index in [0.29, 0.717) is 18.8 Å². The molecule has 1 aliphatic rings. The maximum Gasteiger partial charge on any atom is 0.358 e. The number of thiazole rings is 1. The van der Waals surface area contributed by atoms with Gasteiger partial charge in [-0.05, 0) is 51.3 Å². The van der Waals surface area contributed by atoms with Crippen molar-refractivity contribution < 1.29 is 14.3 Å². The van der Waals surface area contributed by atoms with Gasteiger partial charge in [0, 0.05) is 17.0 Å². The van der Waals surface area contributed by atoms with Crippen LogP contribution in [0.4, 0.5) is 0 Å². The van der Waals surface area contributed by atoms with E-state index in [2.05, 4.69) is 36.1 Å². The molecular formula is C26H29N3O3S. The molecule has 1 saturated carbocycles. The monoisotopic (exact) mass is 463 g/mol. The summed E-state index contributed by atoms with van der Waals surface area (Å²) in [7, 11) is 4.14. The minimum atomic E-state index is -1.29. The highest BCUT2D eigenvalue weighted by atomic mass is 32.1. The van der Waals surface area contributed by atoms with Gasteiger partial charge in [-0.15, -0.1) is 11.3 Å². The van der Waals surface area contributed by atoms with Gasteiger partial charge in [0.2, 0.25) is 0 Å². The fourth-order valence-electron chi connectivity index (χ4n) is 4.77. The molecule has 1 amide bonds. The molecule has 0 radical (unpaired) electrons. The summed E-state index contributed by atoms with van der Waals surface area (Å²) >= 11 is 1.37. The van der Waals surface area contributed by atoms with Crippen molar-refractivity contribution in [1.82, 2.24) is 9.88 Å². The number of hydrogen-bond acceptors (Lipinski definition) is 6. The van der Waals surface area contributed by atoms with Crippen molar-refractivity contribution in [3.63, 3.8) is 0 Å². The number of nitrogens with zero attached hydrogens (tertiary/aromatic N) is 2. The second kappa shape index (κ2) is 9.85. The minimum Gasteiger partial charge on any atom is -0.444 e. The van der Waals surface area contributed by atoms with E-state index in [-0.39, 0.29) is 11.7 Å². The van der Waals surface area contributed by atoms with Gasteiger partial charge >= 0.3 is 5.97 Å². The summed E-state index contributed by atoms with van der Waals surface area (Å²) in [6.07, 6.45) is 2.29. The molecular weight excluding hydrogens is 434 g/mol. The normalized spacial score (nSPS) is 21.5. The Labute approximate surface area is 198 Å².